The minimum absolute atomic E-state index is 0.489. The SMILES string of the molecule is NCc1ccc(-c2cc3cc(Cl)ccc3o2)nc1. The predicted octanol–water partition coefficient (Wildman–Crippen LogP) is 3.61. The summed E-state index contributed by atoms with van der Waals surface area (Å²) in [5, 5.41) is 1.67. The van der Waals surface area contributed by atoms with Crippen molar-refractivity contribution < 1.29 is 4.42 Å². The van der Waals surface area contributed by atoms with Gasteiger partial charge in [-0.25, -0.2) is 0 Å². The van der Waals surface area contributed by atoms with Crippen molar-refractivity contribution in [2.45, 2.75) is 6.54 Å². The number of furan rings is 1. The molecule has 0 atom stereocenters. The van der Waals surface area contributed by atoms with Crippen LogP contribution in [0.2, 0.25) is 5.02 Å². The van der Waals surface area contributed by atoms with Crippen molar-refractivity contribution in [2.75, 3.05) is 0 Å². The van der Waals surface area contributed by atoms with E-state index in [1.807, 2.05) is 36.4 Å². The van der Waals surface area contributed by atoms with Gasteiger partial charge in [0.1, 0.15) is 11.3 Å². The molecule has 3 aromatic rings. The van der Waals surface area contributed by atoms with Crippen molar-refractivity contribution in [3.8, 4) is 11.5 Å². The fraction of sp³-hybridized carbons (Fsp3) is 0.0714. The zero-order valence-electron chi connectivity index (χ0n) is 9.56. The summed E-state index contributed by atoms with van der Waals surface area (Å²) in [6.07, 6.45) is 1.76. The number of hydrogen-bond donors (Lipinski definition) is 1. The van der Waals surface area contributed by atoms with E-state index in [4.69, 9.17) is 21.8 Å². The Hall–Kier alpha value is -1.84. The van der Waals surface area contributed by atoms with Gasteiger partial charge in [0.2, 0.25) is 0 Å². The Morgan fingerprint density at radius 3 is 2.78 bits per heavy atom. The second kappa shape index (κ2) is 4.44. The molecular formula is C14H11ClN2O. The standard InChI is InChI=1S/C14H11ClN2O/c15-11-2-4-13-10(5-11)6-14(18-13)12-3-1-9(7-16)8-17-12/h1-6,8H,7,16H2. The summed E-state index contributed by atoms with van der Waals surface area (Å²) in [4.78, 5) is 4.33. The molecule has 0 saturated heterocycles. The lowest BCUT2D eigenvalue weighted by Gasteiger charge is -1.97. The number of nitrogens with zero attached hydrogens (tertiary/aromatic N) is 1. The lowest BCUT2D eigenvalue weighted by molar-refractivity contribution is 0.628. The molecule has 0 aliphatic carbocycles. The van der Waals surface area contributed by atoms with Gasteiger partial charge in [0, 0.05) is 23.2 Å². The zero-order valence-corrected chi connectivity index (χ0v) is 10.3. The Labute approximate surface area is 109 Å². The molecule has 0 saturated carbocycles. The summed E-state index contributed by atoms with van der Waals surface area (Å²) in [5.41, 5.74) is 8.13. The Morgan fingerprint density at radius 1 is 1.17 bits per heavy atom. The molecule has 1 aromatic carbocycles. The quantitative estimate of drug-likeness (QED) is 0.764. The van der Waals surface area contributed by atoms with Crippen LogP contribution in [-0.4, -0.2) is 4.98 Å². The molecule has 2 heterocycles. The van der Waals surface area contributed by atoms with Gasteiger partial charge >= 0.3 is 0 Å². The molecule has 2 N–H and O–H groups in total. The molecule has 0 aliphatic heterocycles. The number of pyridine rings is 1. The molecule has 18 heavy (non-hydrogen) atoms. The van der Waals surface area contributed by atoms with Crippen LogP contribution in [0.15, 0.2) is 47.0 Å². The van der Waals surface area contributed by atoms with Gasteiger partial charge in [0.05, 0.1) is 0 Å². The smallest absolute Gasteiger partial charge is 0.153 e. The number of hydrogen-bond acceptors (Lipinski definition) is 3. The van der Waals surface area contributed by atoms with Gasteiger partial charge in [-0.3, -0.25) is 4.98 Å². The second-order valence-corrected chi connectivity index (χ2v) is 4.49. The molecule has 0 spiro atoms. The van der Waals surface area contributed by atoms with E-state index < -0.39 is 0 Å². The Bertz CT molecular complexity index is 689. The van der Waals surface area contributed by atoms with Crippen LogP contribution >= 0.6 is 11.6 Å². The Balaban J connectivity index is 2.07. The van der Waals surface area contributed by atoms with Crippen molar-refractivity contribution >= 4 is 22.6 Å². The highest BCUT2D eigenvalue weighted by molar-refractivity contribution is 6.31. The lowest BCUT2D eigenvalue weighted by atomic mass is 10.2. The van der Waals surface area contributed by atoms with Crippen molar-refractivity contribution in [1.82, 2.24) is 4.98 Å². The van der Waals surface area contributed by atoms with Crippen LogP contribution in [0.5, 0.6) is 0 Å². The normalized spacial score (nSPS) is 11.0. The first-order valence-electron chi connectivity index (χ1n) is 5.61. The minimum Gasteiger partial charge on any atom is -0.454 e. The van der Waals surface area contributed by atoms with Crippen LogP contribution in [0.25, 0.3) is 22.4 Å². The van der Waals surface area contributed by atoms with Gasteiger partial charge in [-0.05, 0) is 35.9 Å². The van der Waals surface area contributed by atoms with Gasteiger partial charge in [-0.2, -0.15) is 0 Å². The van der Waals surface area contributed by atoms with Gasteiger partial charge in [0.15, 0.2) is 5.76 Å². The van der Waals surface area contributed by atoms with E-state index in [-0.39, 0.29) is 0 Å². The van der Waals surface area contributed by atoms with Crippen molar-refractivity contribution in [3.05, 3.63) is 53.2 Å². The van der Waals surface area contributed by atoms with Crippen LogP contribution in [0.3, 0.4) is 0 Å². The molecular weight excluding hydrogens is 248 g/mol. The van der Waals surface area contributed by atoms with Crippen LogP contribution in [0, 0.1) is 0 Å². The first-order valence-corrected chi connectivity index (χ1v) is 5.98. The van der Waals surface area contributed by atoms with Gasteiger partial charge in [0.25, 0.3) is 0 Å². The maximum Gasteiger partial charge on any atom is 0.153 e. The molecule has 3 nitrogen and oxygen atoms in total. The maximum absolute atomic E-state index is 5.94. The number of nitrogens with two attached hydrogens (primary N) is 1. The number of benzene rings is 1. The van der Waals surface area contributed by atoms with Crippen molar-refractivity contribution in [1.29, 1.82) is 0 Å². The molecule has 90 valence electrons. The molecule has 3 rings (SSSR count). The third-order valence-electron chi connectivity index (χ3n) is 2.79. The molecule has 0 unspecified atom stereocenters. The van der Waals surface area contributed by atoms with Crippen LogP contribution in [0.4, 0.5) is 0 Å². The van der Waals surface area contributed by atoms with Crippen LogP contribution in [0.1, 0.15) is 5.56 Å². The van der Waals surface area contributed by atoms with Crippen molar-refractivity contribution in [2.24, 2.45) is 5.73 Å². The average Bonchev–Trinajstić information content (AvgIpc) is 2.81. The fourth-order valence-corrected chi connectivity index (χ4v) is 2.01. The predicted molar refractivity (Wildman–Crippen MR) is 72.3 cm³/mol. The molecule has 2 aromatic heterocycles. The zero-order chi connectivity index (χ0) is 12.5. The number of fused-ring (bicyclic) bond motifs is 1. The number of rotatable bonds is 2. The largest absolute Gasteiger partial charge is 0.454 e. The number of aromatic nitrogens is 1. The fourth-order valence-electron chi connectivity index (χ4n) is 1.83. The highest BCUT2D eigenvalue weighted by Gasteiger charge is 2.07. The summed E-state index contributed by atoms with van der Waals surface area (Å²) in [5.74, 6) is 0.732. The first kappa shape index (κ1) is 11.3. The average molecular weight is 259 g/mol. The van der Waals surface area contributed by atoms with E-state index in [1.54, 1.807) is 6.20 Å². The van der Waals surface area contributed by atoms with Crippen LogP contribution < -0.4 is 5.73 Å². The van der Waals surface area contributed by atoms with Gasteiger partial charge in [-0.15, -0.1) is 0 Å². The third-order valence-corrected chi connectivity index (χ3v) is 3.03. The first-order chi connectivity index (χ1) is 8.76. The highest BCUT2D eigenvalue weighted by Crippen LogP contribution is 2.28. The highest BCUT2D eigenvalue weighted by atomic mass is 35.5. The van der Waals surface area contributed by atoms with E-state index in [1.165, 1.54) is 0 Å². The van der Waals surface area contributed by atoms with Crippen molar-refractivity contribution in [3.63, 3.8) is 0 Å². The summed E-state index contributed by atoms with van der Waals surface area (Å²) in [7, 11) is 0. The Morgan fingerprint density at radius 2 is 2.06 bits per heavy atom. The van der Waals surface area contributed by atoms with Crippen LogP contribution in [-0.2, 0) is 6.54 Å². The Kier molecular flexibility index (Phi) is 2.78. The number of halogens is 1. The second-order valence-electron chi connectivity index (χ2n) is 4.05. The van der Waals surface area contributed by atoms with E-state index in [0.29, 0.717) is 11.6 Å². The molecule has 0 aliphatic rings. The molecule has 0 fully saturated rings. The summed E-state index contributed by atoms with van der Waals surface area (Å²) in [6, 6.07) is 11.3. The molecule has 0 bridgehead atoms. The van der Waals surface area contributed by atoms with E-state index in [0.717, 1.165) is 28.0 Å². The van der Waals surface area contributed by atoms with Gasteiger partial charge < -0.3 is 10.2 Å². The monoisotopic (exact) mass is 258 g/mol. The summed E-state index contributed by atoms with van der Waals surface area (Å²) >= 11 is 5.94. The minimum atomic E-state index is 0.489. The molecule has 4 heteroatoms. The summed E-state index contributed by atoms with van der Waals surface area (Å²) in [6.45, 7) is 0.489. The summed E-state index contributed by atoms with van der Waals surface area (Å²) < 4.78 is 5.73. The third kappa shape index (κ3) is 1.98. The van der Waals surface area contributed by atoms with Gasteiger partial charge in [-0.1, -0.05) is 17.7 Å². The molecule has 0 amide bonds. The maximum atomic E-state index is 5.94. The topological polar surface area (TPSA) is 52.0 Å². The van der Waals surface area contributed by atoms with E-state index >= 15 is 0 Å². The lowest BCUT2D eigenvalue weighted by Crippen LogP contribution is -1.96. The van der Waals surface area contributed by atoms with E-state index in [9.17, 15) is 0 Å². The molecule has 0 radical (unpaired) electrons. The van der Waals surface area contributed by atoms with E-state index in [2.05, 4.69) is 4.98 Å².